The number of piperazine rings is 1. The van der Waals surface area contributed by atoms with Crippen LogP contribution in [-0.4, -0.2) is 48.0 Å². The summed E-state index contributed by atoms with van der Waals surface area (Å²) in [5, 5.41) is 0.647. The SMILES string of the molecule is C[C@@H](Oc1ccc(Cl)cc1)C(=O)N1CCN(C(c2ccccc2)c2ccccc2)CC1. The van der Waals surface area contributed by atoms with Crippen molar-refractivity contribution >= 4 is 17.5 Å². The summed E-state index contributed by atoms with van der Waals surface area (Å²) in [5.74, 6) is 0.669. The molecule has 1 aliphatic heterocycles. The van der Waals surface area contributed by atoms with Crippen LogP contribution >= 0.6 is 11.6 Å². The first kappa shape index (κ1) is 21.4. The minimum atomic E-state index is -0.535. The Balaban J connectivity index is 1.41. The van der Waals surface area contributed by atoms with E-state index in [0.717, 1.165) is 13.1 Å². The number of nitrogens with zero attached hydrogens (tertiary/aromatic N) is 2. The molecule has 0 radical (unpaired) electrons. The fraction of sp³-hybridized carbons (Fsp3) is 0.269. The van der Waals surface area contributed by atoms with Gasteiger partial charge in [-0.1, -0.05) is 72.3 Å². The van der Waals surface area contributed by atoms with Crippen LogP contribution in [0.2, 0.25) is 5.02 Å². The summed E-state index contributed by atoms with van der Waals surface area (Å²) in [6, 6.07) is 28.4. The van der Waals surface area contributed by atoms with E-state index in [1.165, 1.54) is 11.1 Å². The van der Waals surface area contributed by atoms with E-state index < -0.39 is 6.10 Å². The largest absolute Gasteiger partial charge is 0.481 e. The summed E-state index contributed by atoms with van der Waals surface area (Å²) in [6.45, 7) is 4.80. The van der Waals surface area contributed by atoms with Crippen LogP contribution in [-0.2, 0) is 4.79 Å². The van der Waals surface area contributed by atoms with E-state index in [1.807, 2.05) is 17.0 Å². The highest BCUT2D eigenvalue weighted by molar-refractivity contribution is 6.30. The van der Waals surface area contributed by atoms with Crippen molar-refractivity contribution in [2.75, 3.05) is 26.2 Å². The highest BCUT2D eigenvalue weighted by Gasteiger charge is 2.30. The molecule has 0 bridgehead atoms. The monoisotopic (exact) mass is 434 g/mol. The first-order valence-electron chi connectivity index (χ1n) is 10.7. The highest BCUT2D eigenvalue weighted by Crippen LogP contribution is 2.29. The second kappa shape index (κ2) is 9.99. The topological polar surface area (TPSA) is 32.8 Å². The third-order valence-electron chi connectivity index (χ3n) is 5.70. The zero-order valence-electron chi connectivity index (χ0n) is 17.7. The molecule has 1 fully saturated rings. The molecule has 31 heavy (non-hydrogen) atoms. The van der Waals surface area contributed by atoms with Crippen LogP contribution in [0, 0.1) is 0 Å². The van der Waals surface area contributed by atoms with Crippen LogP contribution < -0.4 is 4.74 Å². The summed E-state index contributed by atoms with van der Waals surface area (Å²) >= 11 is 5.92. The number of hydrogen-bond acceptors (Lipinski definition) is 3. The Hall–Kier alpha value is -2.82. The smallest absolute Gasteiger partial charge is 0.263 e. The number of amides is 1. The van der Waals surface area contributed by atoms with Gasteiger partial charge in [0.25, 0.3) is 5.91 Å². The standard InChI is InChI=1S/C26H27ClN2O2/c1-20(31-24-14-12-23(27)13-15-24)26(30)29-18-16-28(17-19-29)25(21-8-4-2-5-9-21)22-10-6-3-7-11-22/h2-15,20,25H,16-19H2,1H3/t20-/m1/s1. The van der Waals surface area contributed by atoms with E-state index in [4.69, 9.17) is 16.3 Å². The van der Waals surface area contributed by atoms with Gasteiger partial charge in [0.15, 0.2) is 6.10 Å². The van der Waals surface area contributed by atoms with Crippen molar-refractivity contribution in [3.63, 3.8) is 0 Å². The van der Waals surface area contributed by atoms with Crippen LogP contribution in [0.5, 0.6) is 5.75 Å². The van der Waals surface area contributed by atoms with E-state index in [1.54, 1.807) is 31.2 Å². The normalized spacial score (nSPS) is 15.6. The van der Waals surface area contributed by atoms with Crippen molar-refractivity contribution in [1.82, 2.24) is 9.80 Å². The molecule has 0 saturated carbocycles. The Labute approximate surface area is 189 Å². The van der Waals surface area contributed by atoms with Gasteiger partial charge in [-0.3, -0.25) is 9.69 Å². The molecule has 1 aliphatic rings. The van der Waals surface area contributed by atoms with Crippen LogP contribution in [0.15, 0.2) is 84.9 Å². The third-order valence-corrected chi connectivity index (χ3v) is 5.95. The van der Waals surface area contributed by atoms with E-state index >= 15 is 0 Å². The molecule has 1 heterocycles. The van der Waals surface area contributed by atoms with Gasteiger partial charge in [0.2, 0.25) is 0 Å². The Morgan fingerprint density at radius 2 is 1.32 bits per heavy atom. The number of carbonyl (C=O) groups excluding carboxylic acids is 1. The molecule has 1 saturated heterocycles. The minimum absolute atomic E-state index is 0.0190. The van der Waals surface area contributed by atoms with E-state index in [2.05, 4.69) is 53.4 Å². The molecule has 4 rings (SSSR count). The molecule has 160 valence electrons. The van der Waals surface area contributed by atoms with E-state index in [-0.39, 0.29) is 11.9 Å². The van der Waals surface area contributed by atoms with Crippen molar-refractivity contribution in [1.29, 1.82) is 0 Å². The van der Waals surface area contributed by atoms with Gasteiger partial charge in [-0.2, -0.15) is 0 Å². The zero-order valence-corrected chi connectivity index (χ0v) is 18.4. The minimum Gasteiger partial charge on any atom is -0.481 e. The van der Waals surface area contributed by atoms with Crippen LogP contribution in [0.1, 0.15) is 24.1 Å². The second-order valence-electron chi connectivity index (χ2n) is 7.80. The fourth-order valence-corrected chi connectivity index (χ4v) is 4.24. The molecule has 0 spiro atoms. The summed E-state index contributed by atoms with van der Waals surface area (Å²) < 4.78 is 5.83. The average Bonchev–Trinajstić information content (AvgIpc) is 2.82. The molecule has 0 aromatic heterocycles. The highest BCUT2D eigenvalue weighted by atomic mass is 35.5. The summed E-state index contributed by atoms with van der Waals surface area (Å²) in [5.41, 5.74) is 2.54. The predicted octanol–water partition coefficient (Wildman–Crippen LogP) is 5.04. The lowest BCUT2D eigenvalue weighted by Gasteiger charge is -2.40. The van der Waals surface area contributed by atoms with Crippen molar-refractivity contribution in [2.24, 2.45) is 0 Å². The van der Waals surface area contributed by atoms with Crippen LogP contribution in [0.3, 0.4) is 0 Å². The summed E-state index contributed by atoms with van der Waals surface area (Å²) in [7, 11) is 0. The van der Waals surface area contributed by atoms with E-state index in [9.17, 15) is 4.79 Å². The van der Waals surface area contributed by atoms with Gasteiger partial charge in [-0.05, 0) is 42.3 Å². The average molecular weight is 435 g/mol. The number of benzene rings is 3. The van der Waals surface area contributed by atoms with Gasteiger partial charge in [-0.15, -0.1) is 0 Å². The quantitative estimate of drug-likeness (QED) is 0.544. The first-order valence-corrected chi connectivity index (χ1v) is 11.0. The molecule has 3 aromatic carbocycles. The Kier molecular flexibility index (Phi) is 6.90. The molecule has 1 amide bonds. The maximum atomic E-state index is 12.9. The Morgan fingerprint density at radius 1 is 0.806 bits per heavy atom. The molecule has 5 heteroatoms. The van der Waals surface area contributed by atoms with Crippen molar-refractivity contribution < 1.29 is 9.53 Å². The molecule has 0 N–H and O–H groups in total. The van der Waals surface area contributed by atoms with E-state index in [0.29, 0.717) is 23.9 Å². The number of rotatable bonds is 6. The number of carbonyl (C=O) groups is 1. The predicted molar refractivity (Wildman–Crippen MR) is 124 cm³/mol. The van der Waals surface area contributed by atoms with Gasteiger partial charge >= 0.3 is 0 Å². The summed E-state index contributed by atoms with van der Waals surface area (Å²) in [4.78, 5) is 17.3. The fourth-order valence-electron chi connectivity index (χ4n) is 4.11. The number of halogens is 1. The molecule has 1 atom stereocenters. The van der Waals surface area contributed by atoms with Crippen molar-refractivity contribution in [3.05, 3.63) is 101 Å². The van der Waals surface area contributed by atoms with Gasteiger partial charge < -0.3 is 9.64 Å². The molecule has 4 nitrogen and oxygen atoms in total. The first-order chi connectivity index (χ1) is 15.1. The van der Waals surface area contributed by atoms with Gasteiger partial charge in [0, 0.05) is 31.2 Å². The number of ether oxygens (including phenoxy) is 1. The maximum absolute atomic E-state index is 12.9. The lowest BCUT2D eigenvalue weighted by molar-refractivity contribution is -0.140. The van der Waals surface area contributed by atoms with Crippen molar-refractivity contribution in [3.8, 4) is 5.75 Å². The lowest BCUT2D eigenvalue weighted by atomic mass is 9.96. The Morgan fingerprint density at radius 3 is 1.84 bits per heavy atom. The van der Waals surface area contributed by atoms with Gasteiger partial charge in [-0.25, -0.2) is 0 Å². The number of hydrogen-bond donors (Lipinski definition) is 0. The summed E-state index contributed by atoms with van der Waals surface area (Å²) in [6.07, 6.45) is -0.535. The Bertz CT molecular complexity index is 932. The van der Waals surface area contributed by atoms with Crippen molar-refractivity contribution in [2.45, 2.75) is 19.1 Å². The lowest BCUT2D eigenvalue weighted by Crippen LogP contribution is -2.52. The second-order valence-corrected chi connectivity index (χ2v) is 8.24. The molecular formula is C26H27ClN2O2. The molecule has 3 aromatic rings. The molecule has 0 aliphatic carbocycles. The molecular weight excluding hydrogens is 408 g/mol. The van der Waals surface area contributed by atoms with Crippen LogP contribution in [0.4, 0.5) is 0 Å². The molecule has 0 unspecified atom stereocenters. The van der Waals surface area contributed by atoms with Crippen LogP contribution in [0.25, 0.3) is 0 Å². The zero-order chi connectivity index (χ0) is 21.6. The van der Waals surface area contributed by atoms with Gasteiger partial charge in [0.1, 0.15) is 5.75 Å². The third kappa shape index (κ3) is 5.27. The maximum Gasteiger partial charge on any atom is 0.263 e. The van der Waals surface area contributed by atoms with Gasteiger partial charge in [0.05, 0.1) is 6.04 Å².